The van der Waals surface area contributed by atoms with Crippen molar-refractivity contribution < 1.29 is 4.79 Å². The lowest BCUT2D eigenvalue weighted by Crippen LogP contribution is -2.40. The Balaban J connectivity index is 2.36. The molecule has 0 radical (unpaired) electrons. The Morgan fingerprint density at radius 1 is 1.22 bits per heavy atom. The number of hydrogen-bond acceptors (Lipinski definition) is 2. The molecule has 0 fully saturated rings. The number of likely N-dealkylation sites (N-methyl/N-ethyl adjacent to an activating group) is 1. The first kappa shape index (κ1) is 14.7. The summed E-state index contributed by atoms with van der Waals surface area (Å²) < 4.78 is 0. The number of amides is 1. The first-order valence-electron chi connectivity index (χ1n) is 6.67. The molecule has 1 rings (SSSR count). The molecule has 0 aliphatic heterocycles. The molecule has 0 aromatic heterocycles. The van der Waals surface area contributed by atoms with Crippen LogP contribution in [0.2, 0.25) is 0 Å². The van der Waals surface area contributed by atoms with Gasteiger partial charge in [0.05, 0.1) is 6.54 Å². The maximum Gasteiger partial charge on any atom is 0.234 e. The van der Waals surface area contributed by atoms with E-state index in [0.717, 1.165) is 19.4 Å². The van der Waals surface area contributed by atoms with Crippen LogP contribution in [-0.4, -0.2) is 30.4 Å². The predicted molar refractivity (Wildman–Crippen MR) is 75.3 cm³/mol. The Morgan fingerprint density at radius 2 is 1.83 bits per heavy atom. The van der Waals surface area contributed by atoms with Crippen LogP contribution in [0.5, 0.6) is 0 Å². The largest absolute Gasteiger partial charge is 0.352 e. The first-order valence-corrected chi connectivity index (χ1v) is 6.67. The molecule has 18 heavy (non-hydrogen) atoms. The minimum Gasteiger partial charge on any atom is -0.352 e. The zero-order chi connectivity index (χ0) is 13.4. The van der Waals surface area contributed by atoms with Gasteiger partial charge in [-0.25, -0.2) is 0 Å². The van der Waals surface area contributed by atoms with E-state index in [1.807, 2.05) is 30.1 Å². The second-order valence-corrected chi connectivity index (χ2v) is 4.74. The molecule has 0 heterocycles. The third-order valence-electron chi connectivity index (χ3n) is 3.06. The highest BCUT2D eigenvalue weighted by molar-refractivity contribution is 5.78. The molecule has 1 N–H and O–H groups in total. The highest BCUT2D eigenvalue weighted by Gasteiger charge is 2.10. The van der Waals surface area contributed by atoms with E-state index in [1.165, 1.54) is 5.56 Å². The third-order valence-corrected chi connectivity index (χ3v) is 3.06. The number of hydrogen-bond donors (Lipinski definition) is 1. The molecule has 0 bridgehead atoms. The maximum absolute atomic E-state index is 11.8. The summed E-state index contributed by atoms with van der Waals surface area (Å²) in [6.45, 7) is 5.45. The Bertz CT molecular complexity index is 347. The van der Waals surface area contributed by atoms with Crippen molar-refractivity contribution in [3.8, 4) is 0 Å². The van der Waals surface area contributed by atoms with Crippen molar-refractivity contribution in [3.05, 3.63) is 35.9 Å². The molecule has 0 saturated heterocycles. The fraction of sp³-hybridized carbons (Fsp3) is 0.533. The third kappa shape index (κ3) is 5.32. The van der Waals surface area contributed by atoms with Gasteiger partial charge in [-0.2, -0.15) is 0 Å². The molecule has 0 aliphatic rings. The summed E-state index contributed by atoms with van der Waals surface area (Å²) in [4.78, 5) is 13.9. The van der Waals surface area contributed by atoms with E-state index in [9.17, 15) is 4.79 Å². The molecule has 1 aromatic rings. The molecule has 0 spiro atoms. The standard InChI is InChI=1S/C15H24N2O/c1-4-14(5-2)16-15(18)12-17(3)11-13-9-7-6-8-10-13/h6-10,14H,4-5,11-12H2,1-3H3,(H,16,18). The number of nitrogens with one attached hydrogen (secondary N) is 1. The Hall–Kier alpha value is -1.35. The normalized spacial score (nSPS) is 10.9. The highest BCUT2D eigenvalue weighted by atomic mass is 16.2. The van der Waals surface area contributed by atoms with Crippen molar-refractivity contribution >= 4 is 5.91 Å². The summed E-state index contributed by atoms with van der Waals surface area (Å²) in [5, 5.41) is 3.05. The SMILES string of the molecule is CCC(CC)NC(=O)CN(C)Cc1ccccc1. The second kappa shape index (κ2) is 7.88. The van der Waals surface area contributed by atoms with E-state index >= 15 is 0 Å². The number of benzene rings is 1. The molecule has 0 atom stereocenters. The number of carbonyl (C=O) groups excluding carboxylic acids is 1. The van der Waals surface area contributed by atoms with Crippen LogP contribution in [0.15, 0.2) is 30.3 Å². The van der Waals surface area contributed by atoms with Crippen LogP contribution in [-0.2, 0) is 11.3 Å². The molecular weight excluding hydrogens is 224 g/mol. The van der Waals surface area contributed by atoms with Gasteiger partial charge in [0, 0.05) is 12.6 Å². The van der Waals surface area contributed by atoms with Crippen LogP contribution >= 0.6 is 0 Å². The molecule has 1 aromatic carbocycles. The topological polar surface area (TPSA) is 32.3 Å². The Morgan fingerprint density at radius 3 is 2.39 bits per heavy atom. The van der Waals surface area contributed by atoms with Crippen LogP contribution in [0.25, 0.3) is 0 Å². The van der Waals surface area contributed by atoms with Gasteiger partial charge in [0.1, 0.15) is 0 Å². The van der Waals surface area contributed by atoms with Gasteiger partial charge in [0.25, 0.3) is 0 Å². The quantitative estimate of drug-likeness (QED) is 0.803. The van der Waals surface area contributed by atoms with Gasteiger partial charge in [-0.15, -0.1) is 0 Å². The predicted octanol–water partition coefficient (Wildman–Crippen LogP) is 2.42. The summed E-state index contributed by atoms with van der Waals surface area (Å²) in [6, 6.07) is 10.5. The van der Waals surface area contributed by atoms with E-state index in [0.29, 0.717) is 12.6 Å². The first-order chi connectivity index (χ1) is 8.65. The monoisotopic (exact) mass is 248 g/mol. The lowest BCUT2D eigenvalue weighted by atomic mass is 10.2. The van der Waals surface area contributed by atoms with Gasteiger partial charge in [0.15, 0.2) is 0 Å². The summed E-state index contributed by atoms with van der Waals surface area (Å²) >= 11 is 0. The van der Waals surface area contributed by atoms with Gasteiger partial charge in [-0.05, 0) is 25.5 Å². The highest BCUT2D eigenvalue weighted by Crippen LogP contribution is 2.02. The fourth-order valence-electron chi connectivity index (χ4n) is 1.96. The Kier molecular flexibility index (Phi) is 6.44. The van der Waals surface area contributed by atoms with Crippen molar-refractivity contribution in [3.63, 3.8) is 0 Å². The average molecular weight is 248 g/mol. The van der Waals surface area contributed by atoms with Gasteiger partial charge in [-0.3, -0.25) is 9.69 Å². The van der Waals surface area contributed by atoms with E-state index in [1.54, 1.807) is 0 Å². The van der Waals surface area contributed by atoms with Crippen molar-refractivity contribution in [1.29, 1.82) is 0 Å². The van der Waals surface area contributed by atoms with Crippen LogP contribution in [0, 0.1) is 0 Å². The minimum absolute atomic E-state index is 0.113. The molecule has 100 valence electrons. The van der Waals surface area contributed by atoms with Crippen LogP contribution in [0.1, 0.15) is 32.3 Å². The lowest BCUT2D eigenvalue weighted by Gasteiger charge is -2.19. The summed E-state index contributed by atoms with van der Waals surface area (Å²) in [6.07, 6.45) is 1.98. The zero-order valence-electron chi connectivity index (χ0n) is 11.6. The smallest absolute Gasteiger partial charge is 0.234 e. The Labute approximate surface area is 110 Å². The summed E-state index contributed by atoms with van der Waals surface area (Å²) in [5.41, 5.74) is 1.23. The van der Waals surface area contributed by atoms with E-state index in [-0.39, 0.29) is 5.91 Å². The van der Waals surface area contributed by atoms with Crippen molar-refractivity contribution in [2.45, 2.75) is 39.3 Å². The molecule has 0 aliphatic carbocycles. The van der Waals surface area contributed by atoms with Gasteiger partial charge in [-0.1, -0.05) is 44.2 Å². The minimum atomic E-state index is 0.113. The van der Waals surface area contributed by atoms with Crippen LogP contribution < -0.4 is 5.32 Å². The fourth-order valence-corrected chi connectivity index (χ4v) is 1.96. The molecule has 0 saturated carbocycles. The van der Waals surface area contributed by atoms with E-state index in [4.69, 9.17) is 0 Å². The molecule has 1 amide bonds. The van der Waals surface area contributed by atoms with Crippen LogP contribution in [0.4, 0.5) is 0 Å². The number of nitrogens with zero attached hydrogens (tertiary/aromatic N) is 1. The molecule has 0 unspecified atom stereocenters. The lowest BCUT2D eigenvalue weighted by molar-refractivity contribution is -0.122. The number of carbonyl (C=O) groups is 1. The van der Waals surface area contributed by atoms with E-state index in [2.05, 4.69) is 31.3 Å². The summed E-state index contributed by atoms with van der Waals surface area (Å²) in [5.74, 6) is 0.113. The van der Waals surface area contributed by atoms with Crippen molar-refractivity contribution in [1.82, 2.24) is 10.2 Å². The summed E-state index contributed by atoms with van der Waals surface area (Å²) in [7, 11) is 1.97. The molecule has 3 nitrogen and oxygen atoms in total. The van der Waals surface area contributed by atoms with Crippen molar-refractivity contribution in [2.24, 2.45) is 0 Å². The van der Waals surface area contributed by atoms with Gasteiger partial charge in [0.2, 0.25) is 5.91 Å². The van der Waals surface area contributed by atoms with Gasteiger partial charge < -0.3 is 5.32 Å². The van der Waals surface area contributed by atoms with Crippen molar-refractivity contribution in [2.75, 3.05) is 13.6 Å². The average Bonchev–Trinajstić information content (AvgIpc) is 2.36. The van der Waals surface area contributed by atoms with Crippen LogP contribution in [0.3, 0.4) is 0 Å². The maximum atomic E-state index is 11.8. The number of rotatable bonds is 7. The molecular formula is C15H24N2O. The zero-order valence-corrected chi connectivity index (χ0v) is 11.6. The second-order valence-electron chi connectivity index (χ2n) is 4.74. The van der Waals surface area contributed by atoms with Gasteiger partial charge >= 0.3 is 0 Å². The molecule has 3 heteroatoms. The van der Waals surface area contributed by atoms with E-state index < -0.39 is 0 Å².